The van der Waals surface area contributed by atoms with Crippen molar-refractivity contribution in [3.8, 4) is 0 Å². The molecule has 1 N–H and O–H groups in total. The van der Waals surface area contributed by atoms with Crippen molar-refractivity contribution in [3.05, 3.63) is 71.3 Å². The van der Waals surface area contributed by atoms with E-state index in [0.717, 1.165) is 45.0 Å². The third-order valence-electron chi connectivity index (χ3n) is 5.22. The summed E-state index contributed by atoms with van der Waals surface area (Å²) in [5.74, 6) is 0.956. The van der Waals surface area contributed by atoms with Crippen molar-refractivity contribution in [1.82, 2.24) is 10.2 Å². The van der Waals surface area contributed by atoms with E-state index >= 15 is 0 Å². The summed E-state index contributed by atoms with van der Waals surface area (Å²) in [5.41, 5.74) is 3.77. The molecular weight excluding hydrogens is 362 g/mol. The predicted octanol–water partition coefficient (Wildman–Crippen LogP) is 3.94. The van der Waals surface area contributed by atoms with Gasteiger partial charge in [-0.2, -0.15) is 0 Å². The van der Waals surface area contributed by atoms with Crippen molar-refractivity contribution in [1.29, 1.82) is 0 Å². The zero-order valence-electron chi connectivity index (χ0n) is 17.6. The zero-order chi connectivity index (χ0) is 20.3. The van der Waals surface area contributed by atoms with E-state index in [2.05, 4.69) is 58.5 Å². The summed E-state index contributed by atoms with van der Waals surface area (Å²) in [7, 11) is 1.85. The summed E-state index contributed by atoms with van der Waals surface area (Å²) in [4.78, 5) is 6.78. The molecule has 0 saturated carbocycles. The lowest BCUT2D eigenvalue weighted by Gasteiger charge is -2.35. The van der Waals surface area contributed by atoms with Crippen molar-refractivity contribution in [2.24, 2.45) is 4.99 Å². The first-order valence-corrected chi connectivity index (χ1v) is 10.5. The van der Waals surface area contributed by atoms with Gasteiger partial charge in [0.05, 0.1) is 19.8 Å². The molecule has 1 heterocycles. The molecule has 0 spiro atoms. The highest BCUT2D eigenvalue weighted by Gasteiger charge is 2.24. The minimum absolute atomic E-state index is 0.0925. The first-order chi connectivity index (χ1) is 14.3. The van der Waals surface area contributed by atoms with E-state index in [1.54, 1.807) is 0 Å². The van der Waals surface area contributed by atoms with Gasteiger partial charge in [-0.25, -0.2) is 0 Å². The van der Waals surface area contributed by atoms with Gasteiger partial charge in [0, 0.05) is 26.7 Å². The fourth-order valence-corrected chi connectivity index (χ4v) is 3.60. The summed E-state index contributed by atoms with van der Waals surface area (Å²) in [6.07, 6.45) is 2.18. The van der Waals surface area contributed by atoms with Crippen molar-refractivity contribution >= 4 is 5.96 Å². The highest BCUT2D eigenvalue weighted by Crippen LogP contribution is 2.24. The topological polar surface area (TPSA) is 46.1 Å². The smallest absolute Gasteiger partial charge is 0.193 e. The number of unbranched alkanes of at least 4 members (excludes halogenated alkanes) is 1. The van der Waals surface area contributed by atoms with Gasteiger partial charge in [-0.3, -0.25) is 4.99 Å². The number of nitrogens with one attached hydrogen (secondary N) is 1. The van der Waals surface area contributed by atoms with Crippen LogP contribution in [0.15, 0.2) is 59.6 Å². The molecule has 1 aliphatic heterocycles. The summed E-state index contributed by atoms with van der Waals surface area (Å²) in [5, 5.41) is 3.50. The molecule has 0 amide bonds. The highest BCUT2D eigenvalue weighted by atomic mass is 16.5. The second kappa shape index (κ2) is 11.6. The Bertz CT molecular complexity index is 764. The van der Waals surface area contributed by atoms with Gasteiger partial charge >= 0.3 is 0 Å². The van der Waals surface area contributed by atoms with Crippen LogP contribution in [0.1, 0.15) is 35.6 Å². The number of benzene rings is 2. The molecule has 0 radical (unpaired) electrons. The Labute approximate surface area is 174 Å². The van der Waals surface area contributed by atoms with E-state index in [-0.39, 0.29) is 6.10 Å². The largest absolute Gasteiger partial charge is 0.377 e. The number of hydrogen-bond acceptors (Lipinski definition) is 3. The van der Waals surface area contributed by atoms with E-state index in [9.17, 15) is 0 Å². The van der Waals surface area contributed by atoms with Gasteiger partial charge in [0.2, 0.25) is 0 Å². The lowest BCUT2D eigenvalue weighted by Crippen LogP contribution is -2.48. The van der Waals surface area contributed by atoms with Crippen LogP contribution in [-0.4, -0.2) is 50.8 Å². The number of guanidine groups is 1. The molecule has 29 heavy (non-hydrogen) atoms. The van der Waals surface area contributed by atoms with Crippen LogP contribution < -0.4 is 5.32 Å². The maximum Gasteiger partial charge on any atom is 0.193 e. The first kappa shape index (κ1) is 21.3. The molecule has 1 fully saturated rings. The number of aryl methyl sites for hydroxylation is 1. The van der Waals surface area contributed by atoms with Gasteiger partial charge in [0.1, 0.15) is 6.10 Å². The zero-order valence-corrected chi connectivity index (χ0v) is 17.6. The van der Waals surface area contributed by atoms with E-state index in [1.807, 2.05) is 25.2 Å². The monoisotopic (exact) mass is 395 g/mol. The molecule has 3 rings (SSSR count). The van der Waals surface area contributed by atoms with Crippen LogP contribution in [-0.2, 0) is 16.1 Å². The van der Waals surface area contributed by atoms with Crippen molar-refractivity contribution in [2.45, 2.75) is 32.5 Å². The first-order valence-electron chi connectivity index (χ1n) is 10.5. The number of hydrogen-bond donors (Lipinski definition) is 1. The van der Waals surface area contributed by atoms with Gasteiger partial charge in [-0.1, -0.05) is 54.6 Å². The standard InChI is InChI=1S/C24H33N3O2/c1-20-10-6-7-13-22(20)23-18-27(15-17-29-23)24(25-2)26-14-8-9-16-28-19-21-11-4-3-5-12-21/h3-7,10-13,23H,8-9,14-19H2,1-2H3,(H,25,26). The van der Waals surface area contributed by atoms with Gasteiger partial charge in [0.25, 0.3) is 0 Å². The van der Waals surface area contributed by atoms with Crippen LogP contribution in [0.25, 0.3) is 0 Å². The molecule has 1 unspecified atom stereocenters. The Morgan fingerprint density at radius 3 is 2.72 bits per heavy atom. The lowest BCUT2D eigenvalue weighted by molar-refractivity contribution is -0.00831. The normalized spacial score (nSPS) is 17.4. The number of rotatable bonds is 8. The molecule has 2 aromatic carbocycles. The molecule has 156 valence electrons. The average Bonchev–Trinajstić information content (AvgIpc) is 2.77. The Kier molecular flexibility index (Phi) is 8.53. The molecule has 0 bridgehead atoms. The number of morpholine rings is 1. The Balaban J connectivity index is 1.37. The van der Waals surface area contributed by atoms with Gasteiger partial charge in [-0.15, -0.1) is 0 Å². The third-order valence-corrected chi connectivity index (χ3v) is 5.22. The molecule has 1 atom stereocenters. The minimum Gasteiger partial charge on any atom is -0.377 e. The molecule has 5 nitrogen and oxygen atoms in total. The van der Waals surface area contributed by atoms with E-state index in [4.69, 9.17) is 9.47 Å². The minimum atomic E-state index is 0.0925. The van der Waals surface area contributed by atoms with Crippen LogP contribution in [0.5, 0.6) is 0 Å². The fraction of sp³-hybridized carbons (Fsp3) is 0.458. The fourth-order valence-electron chi connectivity index (χ4n) is 3.60. The van der Waals surface area contributed by atoms with E-state index in [0.29, 0.717) is 13.2 Å². The number of ether oxygens (including phenoxy) is 2. The quantitative estimate of drug-likeness (QED) is 0.418. The molecule has 0 aromatic heterocycles. The molecule has 5 heteroatoms. The van der Waals surface area contributed by atoms with Gasteiger partial charge < -0.3 is 19.7 Å². The second-order valence-electron chi connectivity index (χ2n) is 7.38. The van der Waals surface area contributed by atoms with Crippen LogP contribution in [0.3, 0.4) is 0 Å². The van der Waals surface area contributed by atoms with E-state index in [1.165, 1.54) is 16.7 Å². The van der Waals surface area contributed by atoms with Crippen LogP contribution in [0, 0.1) is 6.92 Å². The molecule has 1 aliphatic rings. The van der Waals surface area contributed by atoms with Crippen molar-refractivity contribution in [2.75, 3.05) is 39.9 Å². The van der Waals surface area contributed by atoms with Crippen molar-refractivity contribution in [3.63, 3.8) is 0 Å². The SMILES string of the molecule is CN=C(NCCCCOCc1ccccc1)N1CCOC(c2ccccc2C)C1. The Morgan fingerprint density at radius 1 is 1.14 bits per heavy atom. The summed E-state index contributed by atoms with van der Waals surface area (Å²) >= 11 is 0. The Hall–Kier alpha value is -2.37. The molecular formula is C24H33N3O2. The summed E-state index contributed by atoms with van der Waals surface area (Å²) < 4.78 is 11.8. The van der Waals surface area contributed by atoms with Crippen LogP contribution >= 0.6 is 0 Å². The predicted molar refractivity (Wildman–Crippen MR) is 118 cm³/mol. The maximum atomic E-state index is 6.04. The second-order valence-corrected chi connectivity index (χ2v) is 7.38. The summed E-state index contributed by atoms with van der Waals surface area (Å²) in [6.45, 7) is 6.91. The number of aliphatic imine (C=N–C) groups is 1. The van der Waals surface area contributed by atoms with E-state index < -0.39 is 0 Å². The average molecular weight is 396 g/mol. The van der Waals surface area contributed by atoms with Gasteiger partial charge in [-0.05, 0) is 36.5 Å². The lowest BCUT2D eigenvalue weighted by atomic mass is 10.0. The molecule has 2 aromatic rings. The van der Waals surface area contributed by atoms with Crippen LogP contribution in [0.4, 0.5) is 0 Å². The van der Waals surface area contributed by atoms with Crippen molar-refractivity contribution < 1.29 is 9.47 Å². The molecule has 1 saturated heterocycles. The molecule has 0 aliphatic carbocycles. The van der Waals surface area contributed by atoms with Gasteiger partial charge in [0.15, 0.2) is 5.96 Å². The third kappa shape index (κ3) is 6.58. The maximum absolute atomic E-state index is 6.04. The highest BCUT2D eigenvalue weighted by molar-refractivity contribution is 5.80. The Morgan fingerprint density at radius 2 is 1.93 bits per heavy atom. The summed E-state index contributed by atoms with van der Waals surface area (Å²) in [6, 6.07) is 18.8. The van der Waals surface area contributed by atoms with Crippen LogP contribution in [0.2, 0.25) is 0 Å². The number of nitrogens with zero attached hydrogens (tertiary/aromatic N) is 2.